The van der Waals surface area contributed by atoms with E-state index in [0.29, 0.717) is 32.6 Å². The highest BCUT2D eigenvalue weighted by Crippen LogP contribution is 2.59. The van der Waals surface area contributed by atoms with E-state index < -0.39 is 29.3 Å². The van der Waals surface area contributed by atoms with E-state index in [1.54, 1.807) is 6.08 Å². The van der Waals surface area contributed by atoms with Crippen molar-refractivity contribution < 1.29 is 38.3 Å². The number of methoxy groups -OCH3 is 3. The molecule has 0 aromatic heterocycles. The van der Waals surface area contributed by atoms with Gasteiger partial charge in [-0.15, -0.1) is 0 Å². The molecular formula is C32H48N4O9. The Morgan fingerprint density at radius 2 is 1.69 bits per heavy atom. The highest BCUT2D eigenvalue weighted by atomic mass is 16.6. The van der Waals surface area contributed by atoms with Gasteiger partial charge in [0, 0.05) is 61.1 Å². The molecule has 45 heavy (non-hydrogen) atoms. The molecule has 0 amide bonds. The van der Waals surface area contributed by atoms with E-state index in [2.05, 4.69) is 41.1 Å². The first-order valence-electron chi connectivity index (χ1n) is 15.8. The Balaban J connectivity index is 1.64. The lowest BCUT2D eigenvalue weighted by molar-refractivity contribution is -0.512. The molecule has 0 aromatic carbocycles. The predicted octanol–water partition coefficient (Wildman–Crippen LogP) is 2.59. The van der Waals surface area contributed by atoms with Crippen LogP contribution in [0.5, 0.6) is 0 Å². The Hall–Kier alpha value is -3.29. The van der Waals surface area contributed by atoms with Crippen LogP contribution in [-0.2, 0) is 33.3 Å². The summed E-state index contributed by atoms with van der Waals surface area (Å²) in [5.74, 6) is -1.25. The van der Waals surface area contributed by atoms with Gasteiger partial charge in [-0.05, 0) is 49.0 Å². The fourth-order valence-corrected chi connectivity index (χ4v) is 7.31. The van der Waals surface area contributed by atoms with E-state index in [1.165, 1.54) is 32.6 Å². The number of allylic oxidation sites excluding steroid dienone is 1. The van der Waals surface area contributed by atoms with E-state index in [0.717, 1.165) is 31.3 Å². The number of nitro groups is 1. The standard InChI is InChI=1S/C32H48N4O9/c1-31(2)25-8-6-7-9-26(25)35(17-16-34(14-11-27(37)42-3)15-12-28(38)43-4)32(31)13-10-22-18-24(36(40)41)19-23(30(22)45-32)20-33-21-29(39)44-5/h10,13,19,22,24,30,33H,6-9,11-12,14-18,20-21H2,1-5H3/t22?,24-,30+,32?/m1/s1. The third-order valence-electron chi connectivity index (χ3n) is 9.82. The van der Waals surface area contributed by atoms with Crippen molar-refractivity contribution in [3.63, 3.8) is 0 Å². The van der Waals surface area contributed by atoms with Crippen LogP contribution in [0.1, 0.15) is 58.8 Å². The van der Waals surface area contributed by atoms with E-state index >= 15 is 0 Å². The van der Waals surface area contributed by atoms with Crippen molar-refractivity contribution in [2.75, 3.05) is 60.6 Å². The predicted molar refractivity (Wildman–Crippen MR) is 164 cm³/mol. The van der Waals surface area contributed by atoms with Gasteiger partial charge in [-0.25, -0.2) is 0 Å². The van der Waals surface area contributed by atoms with Crippen LogP contribution in [0, 0.1) is 21.4 Å². The maximum atomic E-state index is 12.0. The molecule has 2 aliphatic heterocycles. The van der Waals surface area contributed by atoms with Crippen LogP contribution < -0.4 is 5.32 Å². The molecule has 0 bridgehead atoms. The number of hydrogen-bond acceptors (Lipinski definition) is 12. The average molecular weight is 633 g/mol. The third kappa shape index (κ3) is 7.41. The summed E-state index contributed by atoms with van der Waals surface area (Å²) in [5, 5.41) is 15.0. The van der Waals surface area contributed by atoms with Crippen molar-refractivity contribution in [3.8, 4) is 0 Å². The first kappa shape index (κ1) is 34.6. The number of ether oxygens (including phenoxy) is 4. The van der Waals surface area contributed by atoms with E-state index in [4.69, 9.17) is 18.9 Å². The fraction of sp³-hybridized carbons (Fsp3) is 0.719. The molecule has 13 nitrogen and oxygen atoms in total. The highest BCUT2D eigenvalue weighted by molar-refractivity contribution is 5.71. The molecule has 2 aliphatic carbocycles. The lowest BCUT2D eigenvalue weighted by Gasteiger charge is -2.53. The van der Waals surface area contributed by atoms with Crippen LogP contribution in [0.3, 0.4) is 0 Å². The topological polar surface area (TPSA) is 150 Å². The van der Waals surface area contributed by atoms with Crippen LogP contribution in [-0.4, -0.2) is 111 Å². The molecule has 1 spiro atoms. The molecule has 2 unspecified atom stereocenters. The van der Waals surface area contributed by atoms with Crippen molar-refractivity contribution in [2.24, 2.45) is 11.3 Å². The summed E-state index contributed by atoms with van der Waals surface area (Å²) >= 11 is 0. The quantitative estimate of drug-likeness (QED) is 0.0986. The average Bonchev–Trinajstić information content (AvgIpc) is 3.21. The molecule has 4 atom stereocenters. The first-order valence-corrected chi connectivity index (χ1v) is 15.8. The summed E-state index contributed by atoms with van der Waals surface area (Å²) in [4.78, 5) is 51.8. The second kappa shape index (κ2) is 14.9. The molecular weight excluding hydrogens is 584 g/mol. The van der Waals surface area contributed by atoms with Crippen LogP contribution in [0.25, 0.3) is 0 Å². The van der Waals surface area contributed by atoms with Gasteiger partial charge >= 0.3 is 17.9 Å². The Labute approximate surface area is 265 Å². The highest BCUT2D eigenvalue weighted by Gasteiger charge is 2.61. The lowest BCUT2D eigenvalue weighted by atomic mass is 9.71. The minimum absolute atomic E-state index is 0.0181. The summed E-state index contributed by atoms with van der Waals surface area (Å²) in [6, 6.07) is -0.847. The largest absolute Gasteiger partial charge is 0.469 e. The molecule has 1 N–H and O–H groups in total. The van der Waals surface area contributed by atoms with Gasteiger partial charge in [-0.3, -0.25) is 24.5 Å². The minimum Gasteiger partial charge on any atom is -0.469 e. The Kier molecular flexibility index (Phi) is 11.4. The molecule has 250 valence electrons. The lowest BCUT2D eigenvalue weighted by Crippen LogP contribution is -2.60. The number of carbonyl (C=O) groups is 3. The van der Waals surface area contributed by atoms with Crippen molar-refractivity contribution in [1.29, 1.82) is 0 Å². The summed E-state index contributed by atoms with van der Waals surface area (Å²) in [6.45, 7) is 6.69. The van der Waals surface area contributed by atoms with Gasteiger partial charge in [0.2, 0.25) is 6.04 Å². The first-order chi connectivity index (χ1) is 21.5. The molecule has 0 fully saturated rings. The van der Waals surface area contributed by atoms with Crippen molar-refractivity contribution in [1.82, 2.24) is 15.1 Å². The van der Waals surface area contributed by atoms with Gasteiger partial charge in [0.25, 0.3) is 0 Å². The number of hydrogen-bond donors (Lipinski definition) is 1. The molecule has 4 aliphatic rings. The van der Waals surface area contributed by atoms with Crippen molar-refractivity contribution >= 4 is 17.9 Å². The Morgan fingerprint density at radius 1 is 1.04 bits per heavy atom. The number of rotatable bonds is 14. The molecule has 0 saturated carbocycles. The van der Waals surface area contributed by atoms with Crippen LogP contribution >= 0.6 is 0 Å². The van der Waals surface area contributed by atoms with Gasteiger partial charge in [0.05, 0.1) is 46.8 Å². The second-order valence-electron chi connectivity index (χ2n) is 12.7. The molecule has 4 rings (SSSR count). The zero-order chi connectivity index (χ0) is 32.8. The van der Waals surface area contributed by atoms with Crippen LogP contribution in [0.4, 0.5) is 0 Å². The van der Waals surface area contributed by atoms with Gasteiger partial charge in [-0.2, -0.15) is 0 Å². The summed E-state index contributed by atoms with van der Waals surface area (Å²) in [5.41, 5.74) is 2.14. The van der Waals surface area contributed by atoms with Crippen LogP contribution in [0.15, 0.2) is 35.1 Å². The van der Waals surface area contributed by atoms with Crippen molar-refractivity contribution in [2.45, 2.75) is 76.7 Å². The van der Waals surface area contributed by atoms with Gasteiger partial charge in [0.15, 0.2) is 5.72 Å². The minimum atomic E-state index is -0.847. The van der Waals surface area contributed by atoms with Crippen molar-refractivity contribution in [3.05, 3.63) is 45.2 Å². The number of carbonyl (C=O) groups excluding carboxylic acids is 3. The number of esters is 3. The van der Waals surface area contributed by atoms with Gasteiger partial charge in [0.1, 0.15) is 0 Å². The number of nitrogens with zero attached hydrogens (tertiary/aromatic N) is 3. The van der Waals surface area contributed by atoms with Gasteiger partial charge < -0.3 is 34.1 Å². The summed E-state index contributed by atoms with van der Waals surface area (Å²) in [7, 11) is 4.04. The van der Waals surface area contributed by atoms with E-state index in [-0.39, 0.29) is 48.7 Å². The van der Waals surface area contributed by atoms with Gasteiger partial charge in [-0.1, -0.05) is 19.9 Å². The summed E-state index contributed by atoms with van der Waals surface area (Å²) in [6.07, 6.45) is 10.2. The van der Waals surface area contributed by atoms with E-state index in [1.807, 2.05) is 0 Å². The second-order valence-corrected chi connectivity index (χ2v) is 12.7. The third-order valence-corrected chi connectivity index (χ3v) is 9.82. The smallest absolute Gasteiger partial charge is 0.319 e. The molecule has 2 heterocycles. The zero-order valence-electron chi connectivity index (χ0n) is 27.2. The normalized spacial score (nSPS) is 26.8. The molecule has 0 saturated heterocycles. The monoisotopic (exact) mass is 632 g/mol. The number of nitrogens with one attached hydrogen (secondary N) is 1. The Morgan fingerprint density at radius 3 is 2.31 bits per heavy atom. The Bertz CT molecular complexity index is 1210. The maximum absolute atomic E-state index is 12.0. The molecule has 0 radical (unpaired) electrons. The zero-order valence-corrected chi connectivity index (χ0v) is 27.2. The van der Waals surface area contributed by atoms with E-state index in [9.17, 15) is 24.5 Å². The molecule has 0 aromatic rings. The van der Waals surface area contributed by atoms with Crippen LogP contribution in [0.2, 0.25) is 0 Å². The fourth-order valence-electron chi connectivity index (χ4n) is 7.31. The number of fused-ring (bicyclic) bond motifs is 1. The molecule has 13 heteroatoms. The SMILES string of the molecule is COC(=O)CCN(CCC(=O)OC)CCN1C2=C(CCCC2)C(C)(C)C12C=CC1C[C@@H]([N+](=O)[O-])C=C(CNCC(=O)OC)[C@H]1O2. The summed E-state index contributed by atoms with van der Waals surface area (Å²) < 4.78 is 21.7. The maximum Gasteiger partial charge on any atom is 0.319 e.